The molecular weight excluding hydrogens is 426 g/mol. The second-order valence-corrected chi connectivity index (χ2v) is 11.9. The molecule has 2 aromatic rings. The van der Waals surface area contributed by atoms with Crippen molar-refractivity contribution in [3.63, 3.8) is 0 Å². The molecule has 29 heavy (non-hydrogen) atoms. The fourth-order valence-corrected chi connectivity index (χ4v) is 6.76. The van der Waals surface area contributed by atoms with Crippen molar-refractivity contribution in [1.82, 2.24) is 10.2 Å². The number of benzene rings is 1. The molecule has 0 unspecified atom stereocenters. The average molecular weight is 452 g/mol. The van der Waals surface area contributed by atoms with Gasteiger partial charge in [-0.3, -0.25) is 14.4 Å². The minimum Gasteiger partial charge on any atom is -0.347 e. The molecule has 2 N–H and O–H groups in total. The number of rotatable bonds is 6. The Kier molecular flexibility index (Phi) is 5.92. The van der Waals surface area contributed by atoms with Crippen LogP contribution >= 0.6 is 23.1 Å². The number of nitrogens with one attached hydrogen (secondary N) is 2. The number of piperidine rings is 3. The monoisotopic (exact) mass is 451 g/mol. The number of nitrogens with zero attached hydrogens (tertiary/aromatic N) is 1. The highest BCUT2D eigenvalue weighted by Gasteiger charge is 2.40. The largest absolute Gasteiger partial charge is 0.347 e. The average Bonchev–Trinajstić information content (AvgIpc) is 3.14. The maximum atomic E-state index is 12.8. The first-order valence-corrected chi connectivity index (χ1v) is 13.2. The molecule has 2 bridgehead atoms. The van der Waals surface area contributed by atoms with Gasteiger partial charge in [0.05, 0.1) is 15.3 Å². The lowest BCUT2D eigenvalue weighted by Gasteiger charge is -2.49. The summed E-state index contributed by atoms with van der Waals surface area (Å²) in [6, 6.07) is 11.7. The topological polar surface area (TPSA) is 78.5 Å². The van der Waals surface area contributed by atoms with Crippen LogP contribution in [0.1, 0.15) is 29.4 Å². The van der Waals surface area contributed by atoms with Gasteiger partial charge in [0.25, 0.3) is 5.91 Å². The van der Waals surface area contributed by atoms with Gasteiger partial charge >= 0.3 is 0 Å². The molecular formula is C20H25N3O3S3. The van der Waals surface area contributed by atoms with E-state index in [4.69, 9.17) is 0 Å². The van der Waals surface area contributed by atoms with E-state index >= 15 is 0 Å². The molecule has 0 radical (unpaired) electrons. The summed E-state index contributed by atoms with van der Waals surface area (Å²) >= 11 is 3.05. The summed E-state index contributed by atoms with van der Waals surface area (Å²) in [6.07, 6.45) is 3.47. The van der Waals surface area contributed by atoms with Crippen molar-refractivity contribution in [2.24, 2.45) is 5.92 Å². The van der Waals surface area contributed by atoms with Crippen molar-refractivity contribution < 1.29 is 13.2 Å². The summed E-state index contributed by atoms with van der Waals surface area (Å²) in [6.45, 7) is 4.52. The van der Waals surface area contributed by atoms with Gasteiger partial charge in [0.1, 0.15) is 0 Å². The van der Waals surface area contributed by atoms with Crippen LogP contribution in [0.15, 0.2) is 45.5 Å². The van der Waals surface area contributed by atoms with E-state index in [-0.39, 0.29) is 11.9 Å². The van der Waals surface area contributed by atoms with E-state index in [9.17, 15) is 13.2 Å². The lowest BCUT2D eigenvalue weighted by atomic mass is 9.79. The summed E-state index contributed by atoms with van der Waals surface area (Å²) in [4.78, 5) is 17.0. The Morgan fingerprint density at radius 2 is 1.83 bits per heavy atom. The molecule has 1 aromatic carbocycles. The standard InChI is InChI=1S/C20H25N3O3S3/c1-13-19(14-9-11-23(13)12-10-14)21-20(24)17-7-8-18(28-17)27-16-5-3-15(4-6-16)22-29(2,25)26/h3-8,13-14,19,22H,9-12H2,1-2H3,(H,21,24)/t13-,19-/m0/s1. The number of amides is 1. The molecule has 0 aliphatic carbocycles. The third-order valence-corrected chi connectivity index (χ3v) is 8.49. The first-order valence-electron chi connectivity index (χ1n) is 9.69. The van der Waals surface area contributed by atoms with Gasteiger partial charge in [-0.2, -0.15) is 0 Å². The second-order valence-electron chi connectivity index (χ2n) is 7.73. The molecule has 4 heterocycles. The Bertz CT molecular complexity index is 978. The zero-order valence-corrected chi connectivity index (χ0v) is 18.9. The summed E-state index contributed by atoms with van der Waals surface area (Å²) in [7, 11) is -3.28. The van der Waals surface area contributed by atoms with Crippen LogP contribution in [0.25, 0.3) is 0 Å². The molecule has 6 nitrogen and oxygen atoms in total. The quantitative estimate of drug-likeness (QED) is 0.703. The lowest BCUT2D eigenvalue weighted by molar-refractivity contribution is 0.0218. The van der Waals surface area contributed by atoms with E-state index in [0.29, 0.717) is 17.6 Å². The van der Waals surface area contributed by atoms with Crippen LogP contribution in [-0.2, 0) is 10.0 Å². The normalized spacial score (nSPS) is 26.3. The molecule has 3 saturated heterocycles. The number of fused-ring (bicyclic) bond motifs is 3. The number of anilines is 1. The number of sulfonamides is 1. The van der Waals surface area contributed by atoms with Crippen molar-refractivity contribution >= 4 is 44.7 Å². The number of carbonyl (C=O) groups excluding carboxylic acids is 1. The summed E-state index contributed by atoms with van der Waals surface area (Å²) in [5.74, 6) is 0.604. The SMILES string of the molecule is C[C@H]1[C@H](NC(=O)c2ccc(Sc3ccc(NS(C)(=O)=O)cc3)s2)C2CCN1CC2. The fourth-order valence-electron chi connectivity index (χ4n) is 4.19. The van der Waals surface area contributed by atoms with E-state index in [1.54, 1.807) is 23.9 Å². The maximum Gasteiger partial charge on any atom is 0.261 e. The Balaban J connectivity index is 1.37. The van der Waals surface area contributed by atoms with Crippen molar-refractivity contribution in [3.05, 3.63) is 41.3 Å². The minimum absolute atomic E-state index is 0.0140. The molecule has 9 heteroatoms. The van der Waals surface area contributed by atoms with Crippen LogP contribution in [0.5, 0.6) is 0 Å². The highest BCUT2D eigenvalue weighted by atomic mass is 32.2. The third-order valence-electron chi connectivity index (χ3n) is 5.66. The zero-order chi connectivity index (χ0) is 20.6. The Labute approximate surface area is 180 Å². The predicted octanol–water partition coefficient (Wildman–Crippen LogP) is 3.48. The van der Waals surface area contributed by atoms with Crippen LogP contribution in [0, 0.1) is 5.92 Å². The van der Waals surface area contributed by atoms with Crippen LogP contribution in [0.3, 0.4) is 0 Å². The van der Waals surface area contributed by atoms with Crippen LogP contribution in [0.4, 0.5) is 5.69 Å². The lowest BCUT2D eigenvalue weighted by Crippen LogP contribution is -2.62. The van der Waals surface area contributed by atoms with Gasteiger partial charge in [0, 0.05) is 22.7 Å². The van der Waals surface area contributed by atoms with Crippen molar-refractivity contribution in [1.29, 1.82) is 0 Å². The molecule has 1 aromatic heterocycles. The Morgan fingerprint density at radius 3 is 2.45 bits per heavy atom. The van der Waals surface area contributed by atoms with Crippen LogP contribution < -0.4 is 10.0 Å². The highest BCUT2D eigenvalue weighted by molar-refractivity contribution is 8.01. The van der Waals surface area contributed by atoms with E-state index in [1.807, 2.05) is 24.3 Å². The van der Waals surface area contributed by atoms with Gasteiger partial charge < -0.3 is 5.32 Å². The van der Waals surface area contributed by atoms with Crippen molar-refractivity contribution in [3.8, 4) is 0 Å². The molecule has 1 amide bonds. The van der Waals surface area contributed by atoms with Crippen LogP contribution in [-0.4, -0.2) is 50.7 Å². The molecule has 0 spiro atoms. The molecule has 0 saturated carbocycles. The minimum atomic E-state index is -3.28. The molecule has 3 aliphatic heterocycles. The highest BCUT2D eigenvalue weighted by Crippen LogP contribution is 2.35. The summed E-state index contributed by atoms with van der Waals surface area (Å²) in [5, 5.41) is 3.28. The van der Waals surface area contributed by atoms with Gasteiger partial charge in [-0.05, 0) is 75.2 Å². The Hall–Kier alpha value is -1.55. The number of carbonyl (C=O) groups is 1. The molecule has 2 atom stereocenters. The van der Waals surface area contributed by atoms with E-state index in [2.05, 4.69) is 21.9 Å². The van der Waals surface area contributed by atoms with Gasteiger partial charge in [0.2, 0.25) is 10.0 Å². The predicted molar refractivity (Wildman–Crippen MR) is 118 cm³/mol. The van der Waals surface area contributed by atoms with Crippen LogP contribution in [0.2, 0.25) is 0 Å². The fraction of sp³-hybridized carbons (Fsp3) is 0.450. The number of hydrogen-bond acceptors (Lipinski definition) is 6. The molecule has 5 rings (SSSR count). The third kappa shape index (κ3) is 4.96. The first kappa shape index (κ1) is 20.7. The Morgan fingerprint density at radius 1 is 1.14 bits per heavy atom. The van der Waals surface area contributed by atoms with Gasteiger partial charge in [-0.1, -0.05) is 11.8 Å². The first-order chi connectivity index (χ1) is 13.8. The molecule has 156 valence electrons. The number of hydrogen-bond donors (Lipinski definition) is 2. The second kappa shape index (κ2) is 8.29. The van der Waals surface area contributed by atoms with Crippen molar-refractivity contribution in [2.45, 2.75) is 41.0 Å². The van der Waals surface area contributed by atoms with E-state index < -0.39 is 10.0 Å². The van der Waals surface area contributed by atoms with Gasteiger partial charge in [0.15, 0.2) is 0 Å². The smallest absolute Gasteiger partial charge is 0.261 e. The number of thiophene rings is 1. The van der Waals surface area contributed by atoms with E-state index in [0.717, 1.165) is 33.3 Å². The summed E-state index contributed by atoms with van der Waals surface area (Å²) < 4.78 is 26.1. The van der Waals surface area contributed by atoms with Crippen molar-refractivity contribution in [2.75, 3.05) is 24.1 Å². The van der Waals surface area contributed by atoms with Gasteiger partial charge in [-0.25, -0.2) is 8.42 Å². The van der Waals surface area contributed by atoms with Gasteiger partial charge in [-0.15, -0.1) is 11.3 Å². The molecule has 3 aliphatic rings. The zero-order valence-electron chi connectivity index (χ0n) is 16.4. The van der Waals surface area contributed by atoms with E-state index in [1.165, 1.54) is 24.2 Å². The summed E-state index contributed by atoms with van der Waals surface area (Å²) in [5.41, 5.74) is 0.537. The molecule has 3 fully saturated rings. The maximum absolute atomic E-state index is 12.8.